The summed E-state index contributed by atoms with van der Waals surface area (Å²) in [5, 5.41) is 2.15. The lowest BCUT2D eigenvalue weighted by Crippen LogP contribution is -2.12. The summed E-state index contributed by atoms with van der Waals surface area (Å²) < 4.78 is 10.6. The van der Waals surface area contributed by atoms with Gasteiger partial charge in [0.2, 0.25) is 0 Å². The van der Waals surface area contributed by atoms with Gasteiger partial charge in [-0.25, -0.2) is 4.79 Å². The van der Waals surface area contributed by atoms with E-state index in [1.54, 1.807) is 6.92 Å². The van der Waals surface area contributed by atoms with Crippen molar-refractivity contribution in [1.29, 1.82) is 0 Å². The van der Waals surface area contributed by atoms with E-state index in [1.165, 1.54) is 0 Å². The molecule has 2 rings (SSSR count). The molecule has 2 aromatic carbocycles. The van der Waals surface area contributed by atoms with Gasteiger partial charge in [-0.2, -0.15) is 0 Å². The van der Waals surface area contributed by atoms with Gasteiger partial charge in [-0.1, -0.05) is 50.1 Å². The smallest absolute Gasteiger partial charge is 0.333 e. The molecule has 0 aliphatic carbocycles. The lowest BCUT2D eigenvalue weighted by Gasteiger charge is -2.10. The maximum absolute atomic E-state index is 11.3. The summed E-state index contributed by atoms with van der Waals surface area (Å²) >= 11 is 0. The quantitative estimate of drug-likeness (QED) is 0.425. The predicted octanol–water partition coefficient (Wildman–Crippen LogP) is 4.62. The second-order valence-electron chi connectivity index (χ2n) is 5.12. The SMILES string of the molecule is C=Cc1ccc2cc(OCCOC(=O)C(=C)C)ccc2c1C=C. The molecule has 0 aliphatic heterocycles. The van der Waals surface area contributed by atoms with Crippen LogP contribution < -0.4 is 4.74 Å². The molecule has 0 fully saturated rings. The number of esters is 1. The zero-order valence-electron chi connectivity index (χ0n) is 13.3. The molecule has 0 spiro atoms. The number of fused-ring (bicyclic) bond motifs is 1. The van der Waals surface area contributed by atoms with E-state index in [-0.39, 0.29) is 6.61 Å². The van der Waals surface area contributed by atoms with E-state index in [9.17, 15) is 4.79 Å². The van der Waals surface area contributed by atoms with Crippen LogP contribution in [0.3, 0.4) is 0 Å². The normalized spacial score (nSPS) is 10.1. The van der Waals surface area contributed by atoms with E-state index in [1.807, 2.05) is 42.5 Å². The van der Waals surface area contributed by atoms with Crippen LogP contribution in [0.4, 0.5) is 0 Å². The molecule has 0 amide bonds. The van der Waals surface area contributed by atoms with Crippen molar-refractivity contribution in [2.45, 2.75) is 6.92 Å². The van der Waals surface area contributed by atoms with Crippen LogP contribution in [0, 0.1) is 0 Å². The first-order valence-electron chi connectivity index (χ1n) is 7.34. The van der Waals surface area contributed by atoms with E-state index in [0.29, 0.717) is 12.2 Å². The number of hydrogen-bond donors (Lipinski definition) is 0. The molecule has 3 heteroatoms. The van der Waals surface area contributed by atoms with Gasteiger partial charge in [0.15, 0.2) is 0 Å². The molecule has 0 saturated heterocycles. The van der Waals surface area contributed by atoms with Gasteiger partial charge in [0.1, 0.15) is 19.0 Å². The largest absolute Gasteiger partial charge is 0.490 e. The Bertz CT molecular complexity index is 772. The van der Waals surface area contributed by atoms with E-state index in [4.69, 9.17) is 9.47 Å². The highest BCUT2D eigenvalue weighted by atomic mass is 16.6. The molecule has 0 atom stereocenters. The molecule has 0 heterocycles. The van der Waals surface area contributed by atoms with Gasteiger partial charge in [0.25, 0.3) is 0 Å². The third-order valence-electron chi connectivity index (χ3n) is 3.42. The Kier molecular flexibility index (Phi) is 5.36. The van der Waals surface area contributed by atoms with Crippen LogP contribution in [-0.4, -0.2) is 19.2 Å². The van der Waals surface area contributed by atoms with E-state index >= 15 is 0 Å². The molecule has 0 unspecified atom stereocenters. The van der Waals surface area contributed by atoms with Crippen LogP contribution in [0.2, 0.25) is 0 Å². The molecule has 0 radical (unpaired) electrons. The average molecular weight is 308 g/mol. The Balaban J connectivity index is 2.09. The van der Waals surface area contributed by atoms with Gasteiger partial charge >= 0.3 is 5.97 Å². The number of hydrogen-bond acceptors (Lipinski definition) is 3. The van der Waals surface area contributed by atoms with Crippen molar-refractivity contribution >= 4 is 28.9 Å². The maximum Gasteiger partial charge on any atom is 0.333 e. The van der Waals surface area contributed by atoms with Crippen LogP contribution in [0.5, 0.6) is 5.75 Å². The molecular formula is C20H20O3. The molecule has 3 nitrogen and oxygen atoms in total. The summed E-state index contributed by atoms with van der Waals surface area (Å²) in [5.74, 6) is 0.324. The van der Waals surface area contributed by atoms with Crippen LogP contribution in [0.15, 0.2) is 55.6 Å². The molecule has 2 aromatic rings. The van der Waals surface area contributed by atoms with Gasteiger partial charge < -0.3 is 9.47 Å². The van der Waals surface area contributed by atoms with Crippen LogP contribution >= 0.6 is 0 Å². The minimum atomic E-state index is -0.403. The summed E-state index contributed by atoms with van der Waals surface area (Å²) in [6.07, 6.45) is 3.65. The van der Waals surface area contributed by atoms with Crippen molar-refractivity contribution in [1.82, 2.24) is 0 Å². The Morgan fingerprint density at radius 3 is 2.57 bits per heavy atom. The third kappa shape index (κ3) is 3.89. The van der Waals surface area contributed by atoms with Crippen molar-refractivity contribution in [3.8, 4) is 5.75 Å². The van der Waals surface area contributed by atoms with Crippen LogP contribution in [-0.2, 0) is 9.53 Å². The molecule has 0 bridgehead atoms. The van der Waals surface area contributed by atoms with Crippen molar-refractivity contribution in [3.63, 3.8) is 0 Å². The van der Waals surface area contributed by atoms with Crippen molar-refractivity contribution < 1.29 is 14.3 Å². The molecule has 0 aromatic heterocycles. The standard InChI is InChI=1S/C20H20O3/c1-5-15-7-8-16-13-17(9-10-19(16)18(15)6-2)22-11-12-23-20(21)14(3)4/h5-10,13H,1-3,11-12H2,4H3. The fourth-order valence-corrected chi connectivity index (χ4v) is 2.26. The Morgan fingerprint density at radius 2 is 1.91 bits per heavy atom. The van der Waals surface area contributed by atoms with Gasteiger partial charge in [-0.3, -0.25) is 0 Å². The van der Waals surface area contributed by atoms with Crippen molar-refractivity contribution in [3.05, 3.63) is 66.8 Å². The van der Waals surface area contributed by atoms with Crippen molar-refractivity contribution in [2.75, 3.05) is 13.2 Å². The van der Waals surface area contributed by atoms with E-state index < -0.39 is 5.97 Å². The number of benzene rings is 2. The Labute approximate surface area is 136 Å². The maximum atomic E-state index is 11.3. The highest BCUT2D eigenvalue weighted by Gasteiger charge is 2.05. The summed E-state index contributed by atoms with van der Waals surface area (Å²) in [5.41, 5.74) is 2.48. The first-order chi connectivity index (χ1) is 11.1. The first-order valence-corrected chi connectivity index (χ1v) is 7.34. The second kappa shape index (κ2) is 7.45. The molecule has 23 heavy (non-hydrogen) atoms. The number of ether oxygens (including phenoxy) is 2. The van der Waals surface area contributed by atoms with Gasteiger partial charge in [-0.05, 0) is 41.0 Å². The zero-order valence-corrected chi connectivity index (χ0v) is 13.3. The van der Waals surface area contributed by atoms with Gasteiger partial charge in [0.05, 0.1) is 0 Å². The van der Waals surface area contributed by atoms with Crippen LogP contribution in [0.25, 0.3) is 22.9 Å². The summed E-state index contributed by atoms with van der Waals surface area (Å²) in [7, 11) is 0. The lowest BCUT2D eigenvalue weighted by molar-refractivity contribution is -0.139. The van der Waals surface area contributed by atoms with Gasteiger partial charge in [-0.15, -0.1) is 0 Å². The molecular weight excluding hydrogens is 288 g/mol. The fraction of sp³-hybridized carbons (Fsp3) is 0.150. The topological polar surface area (TPSA) is 35.5 Å². The predicted molar refractivity (Wildman–Crippen MR) is 95.4 cm³/mol. The zero-order chi connectivity index (χ0) is 16.8. The minimum Gasteiger partial charge on any atom is -0.490 e. The first kappa shape index (κ1) is 16.6. The third-order valence-corrected chi connectivity index (χ3v) is 3.42. The Morgan fingerprint density at radius 1 is 1.13 bits per heavy atom. The minimum absolute atomic E-state index is 0.192. The van der Waals surface area contributed by atoms with Gasteiger partial charge in [0, 0.05) is 5.57 Å². The average Bonchev–Trinajstić information content (AvgIpc) is 2.56. The van der Waals surface area contributed by atoms with E-state index in [0.717, 1.165) is 27.6 Å². The summed E-state index contributed by atoms with van der Waals surface area (Å²) in [4.78, 5) is 11.3. The summed E-state index contributed by atoms with van der Waals surface area (Å²) in [6, 6.07) is 9.87. The number of carbonyl (C=O) groups excluding carboxylic acids is 1. The number of rotatable bonds is 7. The fourth-order valence-electron chi connectivity index (χ4n) is 2.26. The monoisotopic (exact) mass is 308 g/mol. The molecule has 0 N–H and O–H groups in total. The second-order valence-corrected chi connectivity index (χ2v) is 5.12. The van der Waals surface area contributed by atoms with E-state index in [2.05, 4.69) is 19.7 Å². The molecule has 0 aliphatic rings. The number of carbonyl (C=O) groups is 1. The summed E-state index contributed by atoms with van der Waals surface area (Å²) in [6.45, 7) is 13.3. The highest BCUT2D eigenvalue weighted by Crippen LogP contribution is 2.27. The molecule has 0 saturated carbocycles. The molecule has 118 valence electrons. The van der Waals surface area contributed by atoms with Crippen LogP contribution in [0.1, 0.15) is 18.1 Å². The Hall–Kier alpha value is -2.81. The lowest BCUT2D eigenvalue weighted by atomic mass is 9.99. The van der Waals surface area contributed by atoms with Crippen molar-refractivity contribution in [2.24, 2.45) is 0 Å². The highest BCUT2D eigenvalue weighted by molar-refractivity contribution is 5.94.